The largest absolute Gasteiger partial charge is 0.489 e. The van der Waals surface area contributed by atoms with Crippen LogP contribution in [0.1, 0.15) is 16.7 Å². The third-order valence-electron chi connectivity index (χ3n) is 7.71. The van der Waals surface area contributed by atoms with Gasteiger partial charge in [-0.05, 0) is 115 Å². The molecule has 0 saturated carbocycles. The van der Waals surface area contributed by atoms with E-state index in [0.29, 0.717) is 23.9 Å². The van der Waals surface area contributed by atoms with Crippen molar-refractivity contribution < 1.29 is 26.3 Å². The Morgan fingerprint density at radius 2 is 0.723 bits per heavy atom. The lowest BCUT2D eigenvalue weighted by Crippen LogP contribution is -2.02. The quantitative estimate of drug-likeness (QED) is 0.146. The van der Waals surface area contributed by atoms with Gasteiger partial charge in [-0.25, -0.2) is 16.8 Å². The summed E-state index contributed by atoms with van der Waals surface area (Å²) in [5.74, 6) is 1.74. The summed E-state index contributed by atoms with van der Waals surface area (Å²) in [6.45, 7) is 4.17. The van der Waals surface area contributed by atoms with Crippen LogP contribution in [0, 0.1) is 13.8 Å². The van der Waals surface area contributed by atoms with Crippen molar-refractivity contribution in [2.75, 3.05) is 0 Å². The van der Waals surface area contributed by atoms with E-state index in [0.717, 1.165) is 27.8 Å². The van der Waals surface area contributed by atoms with Crippen molar-refractivity contribution in [3.05, 3.63) is 162 Å². The van der Waals surface area contributed by atoms with Gasteiger partial charge in [-0.15, -0.1) is 0 Å². The summed E-state index contributed by atoms with van der Waals surface area (Å²) in [6, 6.07) is 42.1. The molecule has 6 nitrogen and oxygen atoms in total. The average molecular weight is 661 g/mol. The molecule has 6 aromatic carbocycles. The molecule has 0 radical (unpaired) electrons. The van der Waals surface area contributed by atoms with Crippen molar-refractivity contribution in [3.63, 3.8) is 0 Å². The first kappa shape index (κ1) is 31.8. The molecule has 0 atom stereocenters. The first-order valence-electron chi connectivity index (χ1n) is 14.9. The Hall–Kier alpha value is -5.18. The van der Waals surface area contributed by atoms with E-state index in [1.54, 1.807) is 97.1 Å². The van der Waals surface area contributed by atoms with E-state index in [-0.39, 0.29) is 19.6 Å². The molecule has 0 N–H and O–H groups in total. The number of ether oxygens (including phenoxy) is 2. The molecule has 0 aliphatic heterocycles. The Bertz CT molecular complexity index is 2190. The first-order valence-corrected chi connectivity index (χ1v) is 17.9. The van der Waals surface area contributed by atoms with Crippen molar-refractivity contribution in [3.8, 4) is 28.4 Å². The lowest BCUT2D eigenvalue weighted by atomic mass is 10.0. The Morgan fingerprint density at radius 1 is 0.404 bits per heavy atom. The fourth-order valence-electron chi connectivity index (χ4n) is 4.92. The zero-order chi connectivity index (χ0) is 33.0. The van der Waals surface area contributed by atoms with Gasteiger partial charge < -0.3 is 9.47 Å². The highest BCUT2D eigenvalue weighted by atomic mass is 32.2. The summed E-state index contributed by atoms with van der Waals surface area (Å²) in [6.07, 6.45) is 0. The van der Waals surface area contributed by atoms with Crippen molar-refractivity contribution >= 4 is 19.7 Å². The molecular formula is C39H32O6S2. The predicted molar refractivity (Wildman–Crippen MR) is 182 cm³/mol. The molecule has 0 aromatic heterocycles. The number of aryl methyl sites for hydroxylation is 2. The van der Waals surface area contributed by atoms with Crippen molar-refractivity contribution in [2.24, 2.45) is 0 Å². The zero-order valence-electron chi connectivity index (χ0n) is 25.8. The van der Waals surface area contributed by atoms with Gasteiger partial charge in [0.25, 0.3) is 0 Å². The van der Waals surface area contributed by atoms with Crippen LogP contribution in [0.2, 0.25) is 0 Å². The van der Waals surface area contributed by atoms with E-state index in [1.807, 2.05) is 62.4 Å². The number of sulfone groups is 2. The number of benzene rings is 6. The molecule has 0 heterocycles. The first-order chi connectivity index (χ1) is 22.6. The maximum atomic E-state index is 12.9. The normalized spacial score (nSPS) is 11.6. The Balaban J connectivity index is 1.04. The topological polar surface area (TPSA) is 86.7 Å². The smallest absolute Gasteiger partial charge is 0.206 e. The number of hydrogen-bond acceptors (Lipinski definition) is 6. The van der Waals surface area contributed by atoms with Crippen molar-refractivity contribution in [1.29, 1.82) is 0 Å². The molecule has 0 fully saturated rings. The summed E-state index contributed by atoms with van der Waals surface area (Å²) >= 11 is 0. The summed E-state index contributed by atoms with van der Waals surface area (Å²) in [7, 11) is -7.19. The van der Waals surface area contributed by atoms with Crippen LogP contribution in [-0.2, 0) is 26.3 Å². The SMILES string of the molecule is Cc1ccc(S(=O)(=O)c2ccc(OCc3ccc(-c4ccc(Oc5ccc(S(=O)(=O)c6ccc(C)cc6)cc5)cc4)cc3)cc2)cc1. The van der Waals surface area contributed by atoms with Crippen LogP contribution in [-0.4, -0.2) is 16.8 Å². The van der Waals surface area contributed by atoms with Gasteiger partial charge in [-0.1, -0.05) is 71.8 Å². The molecular weight excluding hydrogens is 629 g/mol. The predicted octanol–water partition coefficient (Wildman–Crippen LogP) is 9.01. The van der Waals surface area contributed by atoms with Gasteiger partial charge in [0.15, 0.2) is 0 Å². The summed E-state index contributed by atoms with van der Waals surface area (Å²) in [5, 5.41) is 0. The summed E-state index contributed by atoms with van der Waals surface area (Å²) in [5.41, 5.74) is 5.00. The lowest BCUT2D eigenvalue weighted by molar-refractivity contribution is 0.306. The van der Waals surface area contributed by atoms with Crippen LogP contribution < -0.4 is 9.47 Å². The van der Waals surface area contributed by atoms with E-state index < -0.39 is 19.7 Å². The van der Waals surface area contributed by atoms with E-state index in [2.05, 4.69) is 0 Å². The average Bonchev–Trinajstić information content (AvgIpc) is 3.09. The highest BCUT2D eigenvalue weighted by molar-refractivity contribution is 7.91. The van der Waals surface area contributed by atoms with Crippen LogP contribution in [0.15, 0.2) is 165 Å². The molecule has 0 saturated heterocycles. The fourth-order valence-corrected chi connectivity index (χ4v) is 7.44. The van der Waals surface area contributed by atoms with Gasteiger partial charge in [-0.3, -0.25) is 0 Å². The van der Waals surface area contributed by atoms with Crippen LogP contribution in [0.5, 0.6) is 17.2 Å². The molecule has 47 heavy (non-hydrogen) atoms. The molecule has 0 bridgehead atoms. The zero-order valence-corrected chi connectivity index (χ0v) is 27.5. The third kappa shape index (κ3) is 7.30. The maximum absolute atomic E-state index is 12.9. The van der Waals surface area contributed by atoms with Gasteiger partial charge in [0.05, 0.1) is 19.6 Å². The third-order valence-corrected chi connectivity index (χ3v) is 11.3. The molecule has 6 aromatic rings. The van der Waals surface area contributed by atoms with E-state index >= 15 is 0 Å². The Labute approximate surface area is 275 Å². The minimum absolute atomic E-state index is 0.208. The van der Waals surface area contributed by atoms with E-state index in [1.165, 1.54) is 0 Å². The lowest BCUT2D eigenvalue weighted by Gasteiger charge is -2.10. The van der Waals surface area contributed by atoms with E-state index in [9.17, 15) is 16.8 Å². The summed E-state index contributed by atoms with van der Waals surface area (Å²) in [4.78, 5) is 0.946. The molecule has 236 valence electrons. The van der Waals surface area contributed by atoms with Gasteiger partial charge in [-0.2, -0.15) is 0 Å². The van der Waals surface area contributed by atoms with E-state index in [4.69, 9.17) is 9.47 Å². The second-order valence-electron chi connectivity index (χ2n) is 11.2. The minimum atomic E-state index is -3.60. The highest BCUT2D eigenvalue weighted by Crippen LogP contribution is 2.29. The van der Waals surface area contributed by atoms with Crippen LogP contribution in [0.3, 0.4) is 0 Å². The minimum Gasteiger partial charge on any atom is -0.489 e. The number of rotatable bonds is 10. The van der Waals surface area contributed by atoms with Gasteiger partial charge >= 0.3 is 0 Å². The Kier molecular flexibility index (Phi) is 8.98. The van der Waals surface area contributed by atoms with Gasteiger partial charge in [0.1, 0.15) is 23.9 Å². The molecule has 6 rings (SSSR count). The number of hydrogen-bond donors (Lipinski definition) is 0. The molecule has 8 heteroatoms. The van der Waals surface area contributed by atoms with Crippen LogP contribution in [0.25, 0.3) is 11.1 Å². The van der Waals surface area contributed by atoms with Crippen molar-refractivity contribution in [1.82, 2.24) is 0 Å². The highest BCUT2D eigenvalue weighted by Gasteiger charge is 2.18. The second kappa shape index (κ2) is 13.3. The molecule has 0 spiro atoms. The Morgan fingerprint density at radius 3 is 1.13 bits per heavy atom. The van der Waals surface area contributed by atoms with Crippen molar-refractivity contribution in [2.45, 2.75) is 40.0 Å². The maximum Gasteiger partial charge on any atom is 0.206 e. The standard InChI is InChI=1S/C39H32O6S2/c1-28-3-19-36(20-4-28)46(40,41)38-23-15-33(16-24-38)44-27-30-7-9-31(10-8-30)32-11-13-34(14-12-32)45-35-17-25-39(26-18-35)47(42,43)37-21-5-29(2)6-22-37/h3-26H,27H2,1-2H3. The van der Waals surface area contributed by atoms with Crippen LogP contribution >= 0.6 is 0 Å². The second-order valence-corrected chi connectivity index (χ2v) is 15.1. The molecule has 0 aliphatic rings. The molecule has 0 amide bonds. The fraction of sp³-hybridized carbons (Fsp3) is 0.0769. The van der Waals surface area contributed by atoms with Gasteiger partial charge in [0, 0.05) is 0 Å². The monoisotopic (exact) mass is 660 g/mol. The molecule has 0 aliphatic carbocycles. The van der Waals surface area contributed by atoms with Gasteiger partial charge in [0.2, 0.25) is 19.7 Å². The van der Waals surface area contributed by atoms with Crippen LogP contribution in [0.4, 0.5) is 0 Å². The molecule has 0 unspecified atom stereocenters. The summed E-state index contributed by atoms with van der Waals surface area (Å²) < 4.78 is 63.6.